The fourth-order valence-electron chi connectivity index (χ4n) is 1.58. The monoisotopic (exact) mass is 251 g/mol. The lowest BCUT2D eigenvalue weighted by Crippen LogP contribution is -2.25. The molecule has 18 heavy (non-hydrogen) atoms. The quantitative estimate of drug-likeness (QED) is 0.748. The topological polar surface area (TPSA) is 75.6 Å². The van der Waals surface area contributed by atoms with Crippen LogP contribution >= 0.6 is 0 Å². The standard InChI is InChI=1S/C13H17NO4/c1-3-9-4-5-11(18-2)10(6-9)8-14-12(15)7-13(16)17/h4-6H,3,7-8H2,1-2H3,(H,14,15)(H,16,17). The predicted octanol–water partition coefficient (Wildman–Crippen LogP) is 1.35. The average molecular weight is 251 g/mol. The zero-order chi connectivity index (χ0) is 13.5. The van der Waals surface area contributed by atoms with Crippen molar-refractivity contribution in [2.45, 2.75) is 26.3 Å². The van der Waals surface area contributed by atoms with Crippen molar-refractivity contribution in [3.63, 3.8) is 0 Å². The second-order valence-corrected chi connectivity index (χ2v) is 3.85. The van der Waals surface area contributed by atoms with Crippen molar-refractivity contribution in [1.29, 1.82) is 0 Å². The van der Waals surface area contributed by atoms with E-state index >= 15 is 0 Å². The fourth-order valence-corrected chi connectivity index (χ4v) is 1.58. The Bertz CT molecular complexity index is 443. The lowest BCUT2D eigenvalue weighted by atomic mass is 10.1. The van der Waals surface area contributed by atoms with Gasteiger partial charge in [-0.2, -0.15) is 0 Å². The number of amides is 1. The fraction of sp³-hybridized carbons (Fsp3) is 0.385. The van der Waals surface area contributed by atoms with Crippen molar-refractivity contribution < 1.29 is 19.4 Å². The van der Waals surface area contributed by atoms with Crippen LogP contribution in [0, 0.1) is 0 Å². The van der Waals surface area contributed by atoms with Crippen molar-refractivity contribution in [2.24, 2.45) is 0 Å². The number of carbonyl (C=O) groups is 2. The molecule has 98 valence electrons. The summed E-state index contributed by atoms with van der Waals surface area (Å²) in [4.78, 5) is 21.6. The molecule has 5 heteroatoms. The van der Waals surface area contributed by atoms with E-state index in [1.165, 1.54) is 0 Å². The van der Waals surface area contributed by atoms with E-state index in [0.29, 0.717) is 5.75 Å². The Morgan fingerprint density at radius 1 is 1.39 bits per heavy atom. The van der Waals surface area contributed by atoms with Gasteiger partial charge < -0.3 is 15.2 Å². The molecule has 0 saturated heterocycles. The van der Waals surface area contributed by atoms with Gasteiger partial charge in [0.15, 0.2) is 0 Å². The van der Waals surface area contributed by atoms with E-state index in [2.05, 4.69) is 5.32 Å². The van der Waals surface area contributed by atoms with E-state index in [-0.39, 0.29) is 6.54 Å². The first-order chi connectivity index (χ1) is 8.56. The molecule has 0 aliphatic rings. The number of hydrogen-bond donors (Lipinski definition) is 2. The molecule has 0 bridgehead atoms. The third kappa shape index (κ3) is 4.08. The molecule has 0 aromatic heterocycles. The van der Waals surface area contributed by atoms with Crippen LogP contribution in [-0.2, 0) is 22.6 Å². The van der Waals surface area contributed by atoms with Gasteiger partial charge in [0, 0.05) is 12.1 Å². The van der Waals surface area contributed by atoms with Gasteiger partial charge in [-0.1, -0.05) is 19.1 Å². The van der Waals surface area contributed by atoms with Crippen LogP contribution in [0.15, 0.2) is 18.2 Å². The van der Waals surface area contributed by atoms with Crippen LogP contribution in [0.25, 0.3) is 0 Å². The summed E-state index contributed by atoms with van der Waals surface area (Å²) in [6, 6.07) is 5.75. The number of nitrogens with one attached hydrogen (secondary N) is 1. The average Bonchev–Trinajstić information content (AvgIpc) is 2.35. The number of aryl methyl sites for hydroxylation is 1. The maximum atomic E-state index is 11.2. The second-order valence-electron chi connectivity index (χ2n) is 3.85. The van der Waals surface area contributed by atoms with Gasteiger partial charge in [-0.05, 0) is 18.1 Å². The van der Waals surface area contributed by atoms with Crippen molar-refractivity contribution >= 4 is 11.9 Å². The molecule has 0 aliphatic carbocycles. The molecule has 0 aliphatic heterocycles. The number of carboxylic acids is 1. The van der Waals surface area contributed by atoms with Crippen LogP contribution in [0.5, 0.6) is 5.75 Å². The summed E-state index contributed by atoms with van der Waals surface area (Å²) in [5.74, 6) is -0.962. The predicted molar refractivity (Wildman–Crippen MR) is 66.5 cm³/mol. The highest BCUT2D eigenvalue weighted by Crippen LogP contribution is 2.20. The van der Waals surface area contributed by atoms with Gasteiger partial charge in [0.05, 0.1) is 7.11 Å². The van der Waals surface area contributed by atoms with Gasteiger partial charge in [-0.3, -0.25) is 9.59 Å². The molecule has 0 radical (unpaired) electrons. The van der Waals surface area contributed by atoms with Crippen LogP contribution in [0.3, 0.4) is 0 Å². The highest BCUT2D eigenvalue weighted by atomic mass is 16.5. The van der Waals surface area contributed by atoms with Gasteiger partial charge in [0.2, 0.25) is 5.91 Å². The molecule has 0 unspecified atom stereocenters. The molecular weight excluding hydrogens is 234 g/mol. The van der Waals surface area contributed by atoms with E-state index in [1.54, 1.807) is 7.11 Å². The van der Waals surface area contributed by atoms with Gasteiger partial charge in [-0.15, -0.1) is 0 Å². The molecule has 1 aromatic carbocycles. The van der Waals surface area contributed by atoms with Crippen molar-refractivity contribution in [3.8, 4) is 5.75 Å². The summed E-state index contributed by atoms with van der Waals surface area (Å²) >= 11 is 0. The lowest BCUT2D eigenvalue weighted by Gasteiger charge is -2.11. The molecular formula is C13H17NO4. The number of hydrogen-bond acceptors (Lipinski definition) is 3. The van der Waals surface area contributed by atoms with E-state index < -0.39 is 18.3 Å². The Labute approximate surface area is 106 Å². The van der Waals surface area contributed by atoms with E-state index in [1.807, 2.05) is 25.1 Å². The molecule has 1 amide bonds. The molecule has 0 saturated carbocycles. The van der Waals surface area contributed by atoms with Gasteiger partial charge in [0.25, 0.3) is 0 Å². The van der Waals surface area contributed by atoms with E-state index in [4.69, 9.17) is 9.84 Å². The molecule has 0 atom stereocenters. The highest BCUT2D eigenvalue weighted by molar-refractivity contribution is 5.93. The van der Waals surface area contributed by atoms with Crippen LogP contribution in [0.1, 0.15) is 24.5 Å². The molecule has 1 rings (SSSR count). The van der Waals surface area contributed by atoms with Crippen molar-refractivity contribution in [3.05, 3.63) is 29.3 Å². The van der Waals surface area contributed by atoms with Crippen molar-refractivity contribution in [1.82, 2.24) is 5.32 Å². The maximum absolute atomic E-state index is 11.2. The second kappa shape index (κ2) is 6.64. The summed E-state index contributed by atoms with van der Waals surface area (Å²) in [5, 5.41) is 11.0. The maximum Gasteiger partial charge on any atom is 0.312 e. The normalized spacial score (nSPS) is 9.89. The lowest BCUT2D eigenvalue weighted by molar-refractivity contribution is -0.140. The first-order valence-corrected chi connectivity index (χ1v) is 5.71. The summed E-state index contributed by atoms with van der Waals surface area (Å²) < 4.78 is 5.19. The molecule has 0 fully saturated rings. The van der Waals surface area contributed by atoms with Crippen molar-refractivity contribution in [2.75, 3.05) is 7.11 Å². The number of rotatable bonds is 6. The van der Waals surface area contributed by atoms with E-state index in [9.17, 15) is 9.59 Å². The Morgan fingerprint density at radius 3 is 2.67 bits per heavy atom. The smallest absolute Gasteiger partial charge is 0.312 e. The number of benzene rings is 1. The number of ether oxygens (including phenoxy) is 1. The Morgan fingerprint density at radius 2 is 2.11 bits per heavy atom. The van der Waals surface area contributed by atoms with Crippen LogP contribution < -0.4 is 10.1 Å². The first kappa shape index (κ1) is 14.0. The summed E-state index contributed by atoms with van der Waals surface area (Å²) in [5.41, 5.74) is 1.98. The SMILES string of the molecule is CCc1ccc(OC)c(CNC(=O)CC(=O)O)c1. The minimum Gasteiger partial charge on any atom is -0.496 e. The number of carboxylic acid groups (broad SMARTS) is 1. The van der Waals surface area contributed by atoms with E-state index in [0.717, 1.165) is 17.5 Å². The minimum atomic E-state index is -1.14. The summed E-state index contributed by atoms with van der Waals surface area (Å²) in [6.07, 6.45) is 0.371. The summed E-state index contributed by atoms with van der Waals surface area (Å²) in [7, 11) is 1.56. The number of methoxy groups -OCH3 is 1. The van der Waals surface area contributed by atoms with Gasteiger partial charge >= 0.3 is 5.97 Å². The number of aliphatic carboxylic acids is 1. The molecule has 5 nitrogen and oxygen atoms in total. The Kier molecular flexibility index (Phi) is 5.17. The zero-order valence-electron chi connectivity index (χ0n) is 10.5. The molecule has 0 spiro atoms. The number of carbonyl (C=O) groups excluding carboxylic acids is 1. The third-order valence-electron chi connectivity index (χ3n) is 2.54. The molecule has 1 aromatic rings. The zero-order valence-corrected chi connectivity index (χ0v) is 10.5. The van der Waals surface area contributed by atoms with Crippen LogP contribution in [0.4, 0.5) is 0 Å². The van der Waals surface area contributed by atoms with Gasteiger partial charge in [-0.25, -0.2) is 0 Å². The molecule has 2 N–H and O–H groups in total. The largest absolute Gasteiger partial charge is 0.496 e. The Balaban J connectivity index is 2.70. The Hall–Kier alpha value is -2.04. The van der Waals surface area contributed by atoms with Crippen LogP contribution in [0.2, 0.25) is 0 Å². The summed E-state index contributed by atoms with van der Waals surface area (Å²) in [6.45, 7) is 2.30. The van der Waals surface area contributed by atoms with Gasteiger partial charge in [0.1, 0.15) is 12.2 Å². The third-order valence-corrected chi connectivity index (χ3v) is 2.54. The molecule has 0 heterocycles. The van der Waals surface area contributed by atoms with Crippen LogP contribution in [-0.4, -0.2) is 24.1 Å². The highest BCUT2D eigenvalue weighted by Gasteiger charge is 2.09. The minimum absolute atomic E-state index is 0.267. The first-order valence-electron chi connectivity index (χ1n) is 5.71.